The molecule has 1 saturated heterocycles. The topological polar surface area (TPSA) is 59.4 Å². The molecular weight excluding hydrogens is 328 g/mol. The summed E-state index contributed by atoms with van der Waals surface area (Å²) in [4.78, 5) is 14.3. The molecule has 2 aromatic rings. The fourth-order valence-electron chi connectivity index (χ4n) is 3.54. The molecule has 1 fully saturated rings. The van der Waals surface area contributed by atoms with Crippen LogP contribution in [0.3, 0.4) is 0 Å². The number of likely N-dealkylation sites (N-methyl/N-ethyl adjacent to an activating group) is 1. The van der Waals surface area contributed by atoms with Crippen molar-refractivity contribution in [2.24, 2.45) is 5.92 Å². The molecule has 1 aliphatic rings. The predicted molar refractivity (Wildman–Crippen MR) is 101 cm³/mol. The Morgan fingerprint density at radius 1 is 1.35 bits per heavy atom. The van der Waals surface area contributed by atoms with Crippen LogP contribution >= 0.6 is 0 Å². The number of benzene rings is 1. The molecule has 0 spiro atoms. The molecule has 6 heteroatoms. The Kier molecular flexibility index (Phi) is 6.06. The van der Waals surface area contributed by atoms with E-state index in [1.54, 1.807) is 19.0 Å². The van der Waals surface area contributed by atoms with E-state index in [1.165, 1.54) is 0 Å². The van der Waals surface area contributed by atoms with E-state index < -0.39 is 0 Å². The van der Waals surface area contributed by atoms with Crippen LogP contribution in [0.1, 0.15) is 36.7 Å². The Bertz CT molecular complexity index is 714. The molecule has 0 saturated carbocycles. The minimum atomic E-state index is -0.344. The van der Waals surface area contributed by atoms with E-state index >= 15 is 0 Å². The van der Waals surface area contributed by atoms with Gasteiger partial charge in [0.25, 0.3) is 0 Å². The second kappa shape index (κ2) is 8.47. The fraction of sp³-hybridized carbons (Fsp3) is 0.500. The first-order valence-corrected chi connectivity index (χ1v) is 9.24. The van der Waals surface area contributed by atoms with Crippen LogP contribution < -0.4 is 5.32 Å². The highest BCUT2D eigenvalue weighted by Crippen LogP contribution is 2.34. The number of nitrogens with one attached hydrogen (secondary N) is 1. The molecule has 0 aliphatic carbocycles. The smallest absolute Gasteiger partial charge is 0.243 e. The van der Waals surface area contributed by atoms with Crippen LogP contribution in [-0.4, -0.2) is 47.8 Å². The molecule has 1 N–H and O–H groups in total. The number of hydrogen-bond acceptors (Lipinski definition) is 4. The van der Waals surface area contributed by atoms with Gasteiger partial charge >= 0.3 is 0 Å². The zero-order valence-corrected chi connectivity index (χ0v) is 15.8. The SMILES string of the molecule is CCn1nccc1[C@@H]1OCC[C@H]1CN[C@H](C(=O)N(C)C)c1ccccc1. The Hall–Kier alpha value is -2.18. The van der Waals surface area contributed by atoms with E-state index in [1.807, 2.05) is 47.3 Å². The molecule has 3 atom stereocenters. The number of carbonyl (C=O) groups is 1. The quantitative estimate of drug-likeness (QED) is 0.828. The lowest BCUT2D eigenvalue weighted by Crippen LogP contribution is -2.39. The van der Waals surface area contributed by atoms with Crippen LogP contribution in [-0.2, 0) is 16.1 Å². The summed E-state index contributed by atoms with van der Waals surface area (Å²) >= 11 is 0. The normalized spacial score (nSPS) is 20.9. The largest absolute Gasteiger partial charge is 0.372 e. The zero-order chi connectivity index (χ0) is 18.5. The third kappa shape index (κ3) is 3.97. The number of nitrogens with zero attached hydrogens (tertiary/aromatic N) is 3. The predicted octanol–water partition coefficient (Wildman–Crippen LogP) is 2.40. The number of amides is 1. The van der Waals surface area contributed by atoms with Gasteiger partial charge < -0.3 is 15.0 Å². The number of rotatable bonds is 7. The van der Waals surface area contributed by atoms with Gasteiger partial charge in [0.15, 0.2) is 0 Å². The van der Waals surface area contributed by atoms with Crippen molar-refractivity contribution in [3.05, 3.63) is 53.9 Å². The molecule has 1 amide bonds. The highest BCUT2D eigenvalue weighted by molar-refractivity contribution is 5.82. The summed E-state index contributed by atoms with van der Waals surface area (Å²) in [5.74, 6) is 0.378. The summed E-state index contributed by atoms with van der Waals surface area (Å²) in [6, 6.07) is 11.6. The molecule has 2 heterocycles. The Labute approximate surface area is 155 Å². The maximum Gasteiger partial charge on any atom is 0.243 e. The molecule has 0 radical (unpaired) electrons. The van der Waals surface area contributed by atoms with Gasteiger partial charge in [-0.3, -0.25) is 9.48 Å². The molecule has 6 nitrogen and oxygen atoms in total. The average molecular weight is 356 g/mol. The van der Waals surface area contributed by atoms with Gasteiger partial charge in [-0.1, -0.05) is 30.3 Å². The van der Waals surface area contributed by atoms with Gasteiger partial charge in [-0.2, -0.15) is 5.10 Å². The van der Waals surface area contributed by atoms with Crippen LogP contribution in [0.5, 0.6) is 0 Å². The average Bonchev–Trinajstić information content (AvgIpc) is 3.30. The van der Waals surface area contributed by atoms with Crippen molar-refractivity contribution in [1.82, 2.24) is 20.0 Å². The highest BCUT2D eigenvalue weighted by atomic mass is 16.5. The molecule has 0 unspecified atom stereocenters. The molecule has 1 aromatic carbocycles. The van der Waals surface area contributed by atoms with Crippen LogP contribution in [0.25, 0.3) is 0 Å². The zero-order valence-electron chi connectivity index (χ0n) is 15.8. The van der Waals surface area contributed by atoms with Crippen molar-refractivity contribution in [3.8, 4) is 0 Å². The van der Waals surface area contributed by atoms with Gasteiger partial charge in [0.2, 0.25) is 5.91 Å². The second-order valence-corrected chi connectivity index (χ2v) is 6.90. The van der Waals surface area contributed by atoms with Crippen molar-refractivity contribution < 1.29 is 9.53 Å². The van der Waals surface area contributed by atoms with Crippen molar-refractivity contribution in [2.75, 3.05) is 27.2 Å². The van der Waals surface area contributed by atoms with E-state index in [0.29, 0.717) is 5.92 Å². The molecule has 140 valence electrons. The van der Waals surface area contributed by atoms with Crippen molar-refractivity contribution in [3.63, 3.8) is 0 Å². The lowest BCUT2D eigenvalue weighted by molar-refractivity contribution is -0.131. The Balaban J connectivity index is 1.73. The van der Waals surface area contributed by atoms with Crippen molar-refractivity contribution in [2.45, 2.75) is 32.0 Å². The second-order valence-electron chi connectivity index (χ2n) is 6.90. The standard InChI is InChI=1S/C20H28N4O2/c1-4-24-17(10-12-22-24)19-16(11-13-26-19)14-21-18(20(25)23(2)3)15-8-6-5-7-9-15/h5-10,12,16,18-19,21H,4,11,13-14H2,1-3H3/t16-,18-,19+/m0/s1. The summed E-state index contributed by atoms with van der Waals surface area (Å²) in [5, 5.41) is 7.85. The summed E-state index contributed by atoms with van der Waals surface area (Å²) in [6.07, 6.45) is 2.83. The van der Waals surface area contributed by atoms with Gasteiger partial charge in [-0.05, 0) is 25.0 Å². The van der Waals surface area contributed by atoms with E-state index in [0.717, 1.165) is 37.4 Å². The molecule has 3 rings (SSSR count). The maximum atomic E-state index is 12.7. The van der Waals surface area contributed by atoms with Crippen LogP contribution in [0, 0.1) is 5.92 Å². The number of aromatic nitrogens is 2. The first-order valence-electron chi connectivity index (χ1n) is 9.24. The summed E-state index contributed by atoms with van der Waals surface area (Å²) in [5.41, 5.74) is 2.10. The molecule has 1 aliphatic heterocycles. The first-order chi connectivity index (χ1) is 12.6. The number of carbonyl (C=O) groups excluding carboxylic acids is 1. The summed E-state index contributed by atoms with van der Waals surface area (Å²) in [6.45, 7) is 4.37. The van der Waals surface area contributed by atoms with Crippen LogP contribution in [0.2, 0.25) is 0 Å². The Morgan fingerprint density at radius 2 is 2.12 bits per heavy atom. The fourth-order valence-corrected chi connectivity index (χ4v) is 3.54. The third-order valence-corrected chi connectivity index (χ3v) is 4.96. The molecule has 26 heavy (non-hydrogen) atoms. The van der Waals surface area contributed by atoms with Gasteiger partial charge in [0.05, 0.1) is 5.69 Å². The molecule has 0 bridgehead atoms. The molecule has 1 aromatic heterocycles. The Morgan fingerprint density at radius 3 is 2.81 bits per heavy atom. The minimum Gasteiger partial charge on any atom is -0.372 e. The van der Waals surface area contributed by atoms with E-state index in [-0.39, 0.29) is 18.1 Å². The van der Waals surface area contributed by atoms with Gasteiger partial charge in [-0.15, -0.1) is 0 Å². The number of hydrogen-bond donors (Lipinski definition) is 1. The summed E-state index contributed by atoms with van der Waals surface area (Å²) < 4.78 is 7.99. The lowest BCUT2D eigenvalue weighted by Gasteiger charge is -2.25. The third-order valence-electron chi connectivity index (χ3n) is 4.96. The van der Waals surface area contributed by atoms with Gasteiger partial charge in [0.1, 0.15) is 12.1 Å². The molecular formula is C20H28N4O2. The maximum absolute atomic E-state index is 12.7. The number of ether oxygens (including phenoxy) is 1. The minimum absolute atomic E-state index is 0.0239. The van der Waals surface area contributed by atoms with Gasteiger partial charge in [-0.25, -0.2) is 0 Å². The summed E-state index contributed by atoms with van der Waals surface area (Å²) in [7, 11) is 3.59. The van der Waals surface area contributed by atoms with Crippen LogP contribution in [0.4, 0.5) is 0 Å². The van der Waals surface area contributed by atoms with Crippen molar-refractivity contribution in [1.29, 1.82) is 0 Å². The van der Waals surface area contributed by atoms with E-state index in [4.69, 9.17) is 4.74 Å². The van der Waals surface area contributed by atoms with Crippen LogP contribution in [0.15, 0.2) is 42.6 Å². The number of aryl methyl sites for hydroxylation is 1. The highest BCUT2D eigenvalue weighted by Gasteiger charge is 2.33. The lowest BCUT2D eigenvalue weighted by atomic mass is 9.97. The van der Waals surface area contributed by atoms with E-state index in [9.17, 15) is 4.79 Å². The van der Waals surface area contributed by atoms with Gasteiger partial charge in [0, 0.05) is 45.9 Å². The van der Waals surface area contributed by atoms with E-state index in [2.05, 4.69) is 17.3 Å². The monoisotopic (exact) mass is 356 g/mol. The first kappa shape index (κ1) is 18.6. The van der Waals surface area contributed by atoms with Crippen molar-refractivity contribution >= 4 is 5.91 Å².